The molecule has 1 aromatic heterocycles. The van der Waals surface area contributed by atoms with E-state index in [1.165, 1.54) is 11.0 Å². The number of ether oxygens (including phenoxy) is 2. The summed E-state index contributed by atoms with van der Waals surface area (Å²) >= 11 is 1.68. The monoisotopic (exact) mass is 411 g/mol. The van der Waals surface area contributed by atoms with Crippen molar-refractivity contribution in [3.63, 3.8) is 0 Å². The topological polar surface area (TPSA) is 86.5 Å². The summed E-state index contributed by atoms with van der Waals surface area (Å²) in [6, 6.07) is 13.5. The Morgan fingerprint density at radius 2 is 1.86 bits per heavy atom. The molecule has 7 nitrogen and oxygen atoms in total. The summed E-state index contributed by atoms with van der Waals surface area (Å²) in [5.74, 6) is 1.26. The van der Waals surface area contributed by atoms with E-state index in [1.807, 2.05) is 36.6 Å². The van der Waals surface area contributed by atoms with E-state index in [4.69, 9.17) is 13.9 Å². The summed E-state index contributed by atoms with van der Waals surface area (Å²) in [6.45, 7) is 0. The molecule has 0 radical (unpaired) electrons. The zero-order chi connectivity index (χ0) is 20.6. The Morgan fingerprint density at radius 1 is 1.10 bits per heavy atom. The molecule has 1 heterocycles. The van der Waals surface area contributed by atoms with E-state index in [2.05, 4.69) is 15.5 Å². The van der Waals surface area contributed by atoms with E-state index in [9.17, 15) is 4.79 Å². The van der Waals surface area contributed by atoms with Crippen LogP contribution in [0.1, 0.15) is 17.0 Å². The summed E-state index contributed by atoms with van der Waals surface area (Å²) in [5.41, 5.74) is 1.84. The molecule has 0 aliphatic rings. The van der Waals surface area contributed by atoms with Crippen molar-refractivity contribution in [1.29, 1.82) is 0 Å². The second-order valence-corrected chi connectivity index (χ2v) is 6.84. The van der Waals surface area contributed by atoms with Crippen LogP contribution >= 0.6 is 11.8 Å². The molecule has 0 unspecified atom stereocenters. The van der Waals surface area contributed by atoms with Crippen LogP contribution in [0.3, 0.4) is 0 Å². The molecule has 29 heavy (non-hydrogen) atoms. The first-order valence-electron chi connectivity index (χ1n) is 8.77. The van der Waals surface area contributed by atoms with Crippen molar-refractivity contribution in [2.45, 2.75) is 11.3 Å². The molecule has 0 atom stereocenters. The average molecular weight is 411 g/mol. The number of anilines is 1. The van der Waals surface area contributed by atoms with Crippen LogP contribution in [0.4, 0.5) is 6.01 Å². The highest BCUT2D eigenvalue weighted by molar-refractivity contribution is 7.98. The average Bonchev–Trinajstić information content (AvgIpc) is 3.19. The quantitative estimate of drug-likeness (QED) is 0.442. The lowest BCUT2D eigenvalue weighted by Gasteiger charge is -2.07. The number of rotatable bonds is 8. The third-order valence-electron chi connectivity index (χ3n) is 4.05. The van der Waals surface area contributed by atoms with Crippen LogP contribution in [0.2, 0.25) is 0 Å². The summed E-state index contributed by atoms with van der Waals surface area (Å²) < 4.78 is 15.9. The summed E-state index contributed by atoms with van der Waals surface area (Å²) in [6.07, 6.45) is 5.56. The molecule has 0 saturated heterocycles. The molecule has 1 N–H and O–H groups in total. The fourth-order valence-corrected chi connectivity index (χ4v) is 2.98. The number of hydrogen-bond donors (Lipinski definition) is 1. The SMILES string of the molecule is COc1ccc(C=CC(=O)Nc2nnc(Cc3ccc(SC)cc3)o2)cc1OC. The fourth-order valence-electron chi connectivity index (χ4n) is 2.57. The number of carbonyl (C=O) groups excluding carboxylic acids is 1. The van der Waals surface area contributed by atoms with Gasteiger partial charge in [0.25, 0.3) is 5.91 Å². The second-order valence-electron chi connectivity index (χ2n) is 5.96. The van der Waals surface area contributed by atoms with Crippen molar-refractivity contribution < 1.29 is 18.7 Å². The normalized spacial score (nSPS) is 10.9. The highest BCUT2D eigenvalue weighted by atomic mass is 32.2. The number of benzene rings is 2. The minimum Gasteiger partial charge on any atom is -0.493 e. The molecule has 0 aliphatic carbocycles. The fraction of sp³-hybridized carbons (Fsp3) is 0.190. The first kappa shape index (κ1) is 20.5. The molecule has 150 valence electrons. The summed E-state index contributed by atoms with van der Waals surface area (Å²) in [5, 5.41) is 10.4. The Labute approximate surface area is 173 Å². The molecule has 0 saturated carbocycles. The van der Waals surface area contributed by atoms with Gasteiger partial charge < -0.3 is 13.9 Å². The van der Waals surface area contributed by atoms with Crippen molar-refractivity contribution in [1.82, 2.24) is 10.2 Å². The minimum atomic E-state index is -0.376. The van der Waals surface area contributed by atoms with Crippen LogP contribution < -0.4 is 14.8 Å². The van der Waals surface area contributed by atoms with E-state index >= 15 is 0 Å². The van der Waals surface area contributed by atoms with Gasteiger partial charge in [0, 0.05) is 11.0 Å². The van der Waals surface area contributed by atoms with Crippen LogP contribution in [0.15, 0.2) is 57.9 Å². The Balaban J connectivity index is 1.59. The van der Waals surface area contributed by atoms with Gasteiger partial charge in [0.1, 0.15) is 0 Å². The Kier molecular flexibility index (Phi) is 6.91. The lowest BCUT2D eigenvalue weighted by molar-refractivity contribution is -0.112. The van der Waals surface area contributed by atoms with Gasteiger partial charge in [0.05, 0.1) is 20.6 Å². The lowest BCUT2D eigenvalue weighted by atomic mass is 10.1. The Morgan fingerprint density at radius 3 is 2.55 bits per heavy atom. The molecule has 0 bridgehead atoms. The lowest BCUT2D eigenvalue weighted by Crippen LogP contribution is -2.07. The highest BCUT2D eigenvalue weighted by Gasteiger charge is 2.09. The molecule has 0 spiro atoms. The smallest absolute Gasteiger partial charge is 0.322 e. The van der Waals surface area contributed by atoms with E-state index in [1.54, 1.807) is 44.2 Å². The van der Waals surface area contributed by atoms with Gasteiger partial charge in [-0.1, -0.05) is 23.3 Å². The zero-order valence-corrected chi connectivity index (χ0v) is 17.2. The van der Waals surface area contributed by atoms with Gasteiger partial charge in [-0.25, -0.2) is 0 Å². The van der Waals surface area contributed by atoms with Crippen LogP contribution in [0.25, 0.3) is 6.08 Å². The molecule has 2 aromatic carbocycles. The predicted octanol–water partition coefficient (Wildman–Crippen LogP) is 4.05. The first-order valence-corrected chi connectivity index (χ1v) is 10.00. The van der Waals surface area contributed by atoms with Crippen LogP contribution in [0, 0.1) is 0 Å². The van der Waals surface area contributed by atoms with Crippen molar-refractivity contribution in [2.24, 2.45) is 0 Å². The maximum Gasteiger partial charge on any atom is 0.322 e. The minimum absolute atomic E-state index is 0.0581. The highest BCUT2D eigenvalue weighted by Crippen LogP contribution is 2.28. The molecular formula is C21H21N3O4S. The third-order valence-corrected chi connectivity index (χ3v) is 4.79. The number of nitrogens with zero attached hydrogens (tertiary/aromatic N) is 2. The molecular weight excluding hydrogens is 390 g/mol. The Hall–Kier alpha value is -3.26. The van der Waals surface area contributed by atoms with E-state index in [0.717, 1.165) is 11.1 Å². The maximum atomic E-state index is 12.1. The van der Waals surface area contributed by atoms with Gasteiger partial charge in [-0.15, -0.1) is 16.9 Å². The second kappa shape index (κ2) is 9.79. The standard InChI is InChI=1S/C21H21N3O4S/c1-26-17-10-6-14(12-18(17)27-2)7-11-19(25)22-21-24-23-20(28-21)13-15-4-8-16(29-3)9-5-15/h4-12H,13H2,1-3H3,(H,22,24,25). The molecule has 0 aliphatic heterocycles. The molecule has 0 fully saturated rings. The number of methoxy groups -OCH3 is 2. The number of amides is 1. The van der Waals surface area contributed by atoms with E-state index in [0.29, 0.717) is 23.8 Å². The number of aromatic nitrogens is 2. The van der Waals surface area contributed by atoms with Gasteiger partial charge in [-0.05, 0) is 47.7 Å². The third kappa shape index (κ3) is 5.61. The van der Waals surface area contributed by atoms with Gasteiger partial charge in [-0.3, -0.25) is 10.1 Å². The summed E-state index contributed by atoms with van der Waals surface area (Å²) in [4.78, 5) is 13.3. The number of thioether (sulfide) groups is 1. The molecule has 3 aromatic rings. The summed E-state index contributed by atoms with van der Waals surface area (Å²) in [7, 11) is 3.13. The van der Waals surface area contributed by atoms with Gasteiger partial charge in [0.15, 0.2) is 11.5 Å². The maximum absolute atomic E-state index is 12.1. The van der Waals surface area contributed by atoms with Crippen LogP contribution in [0.5, 0.6) is 11.5 Å². The largest absolute Gasteiger partial charge is 0.493 e. The van der Waals surface area contributed by atoms with Crippen molar-refractivity contribution in [2.75, 3.05) is 25.8 Å². The number of nitrogens with one attached hydrogen (secondary N) is 1. The molecule has 1 amide bonds. The predicted molar refractivity (Wildman–Crippen MR) is 113 cm³/mol. The van der Waals surface area contributed by atoms with Crippen LogP contribution in [-0.4, -0.2) is 36.6 Å². The number of carbonyl (C=O) groups is 1. The van der Waals surface area contributed by atoms with E-state index < -0.39 is 0 Å². The van der Waals surface area contributed by atoms with E-state index in [-0.39, 0.29) is 11.9 Å². The molecule has 3 rings (SSSR count). The van der Waals surface area contributed by atoms with Gasteiger partial charge in [0.2, 0.25) is 5.89 Å². The molecule has 8 heteroatoms. The van der Waals surface area contributed by atoms with Crippen LogP contribution in [-0.2, 0) is 11.2 Å². The van der Waals surface area contributed by atoms with Crippen molar-refractivity contribution >= 4 is 29.8 Å². The zero-order valence-electron chi connectivity index (χ0n) is 16.3. The van der Waals surface area contributed by atoms with Gasteiger partial charge in [-0.2, -0.15) is 0 Å². The first-order chi connectivity index (χ1) is 14.1. The Bertz CT molecular complexity index is 999. The number of hydrogen-bond acceptors (Lipinski definition) is 7. The van der Waals surface area contributed by atoms with Gasteiger partial charge >= 0.3 is 6.01 Å². The van der Waals surface area contributed by atoms with Crippen molar-refractivity contribution in [3.05, 3.63) is 65.6 Å². The van der Waals surface area contributed by atoms with Crippen molar-refractivity contribution in [3.8, 4) is 11.5 Å².